The number of carbonyl (C=O) groups is 1. The molecule has 1 fully saturated rings. The van der Waals surface area contributed by atoms with E-state index in [1.807, 2.05) is 0 Å². The van der Waals surface area contributed by atoms with Gasteiger partial charge in [0.05, 0.1) is 15.5 Å². The zero-order valence-electron chi connectivity index (χ0n) is 18.6. The Kier molecular flexibility index (Phi) is 6.75. The van der Waals surface area contributed by atoms with Gasteiger partial charge in [-0.1, -0.05) is 25.3 Å². The van der Waals surface area contributed by atoms with Crippen LogP contribution in [-0.4, -0.2) is 46.4 Å². The predicted molar refractivity (Wildman–Crippen MR) is 126 cm³/mol. The van der Waals surface area contributed by atoms with Gasteiger partial charge in [0, 0.05) is 37.1 Å². The van der Waals surface area contributed by atoms with Crippen molar-refractivity contribution in [2.45, 2.75) is 43.0 Å². The Morgan fingerprint density at radius 2 is 1.82 bits per heavy atom. The first kappa shape index (κ1) is 23.6. The van der Waals surface area contributed by atoms with Crippen LogP contribution >= 0.6 is 0 Å². The molecule has 10 nitrogen and oxygen atoms in total. The zero-order valence-corrected chi connectivity index (χ0v) is 19.4. The molecule has 1 saturated carbocycles. The Labute approximate surface area is 197 Å². The van der Waals surface area contributed by atoms with Crippen LogP contribution in [0.3, 0.4) is 0 Å². The summed E-state index contributed by atoms with van der Waals surface area (Å²) < 4.78 is 28.8. The molecule has 1 aliphatic carbocycles. The molecule has 3 aromatic rings. The summed E-state index contributed by atoms with van der Waals surface area (Å²) in [4.78, 5) is 23.3. The van der Waals surface area contributed by atoms with Gasteiger partial charge < -0.3 is 5.32 Å². The Hall–Kier alpha value is -3.57. The van der Waals surface area contributed by atoms with Gasteiger partial charge in [-0.05, 0) is 49.2 Å². The molecule has 1 aromatic heterocycles. The Balaban J connectivity index is 1.44. The van der Waals surface area contributed by atoms with Crippen LogP contribution in [0.25, 0.3) is 5.69 Å². The summed E-state index contributed by atoms with van der Waals surface area (Å²) in [5, 5.41) is 17.9. The van der Waals surface area contributed by atoms with Gasteiger partial charge in [0.2, 0.25) is 10.0 Å². The number of hydrogen-bond donors (Lipinski definition) is 1. The van der Waals surface area contributed by atoms with Crippen molar-refractivity contribution in [3.63, 3.8) is 0 Å². The molecular formula is C23H25N5O5S. The predicted octanol–water partition coefficient (Wildman–Crippen LogP) is 3.99. The topological polar surface area (TPSA) is 127 Å². The third-order valence-corrected chi connectivity index (χ3v) is 7.93. The van der Waals surface area contributed by atoms with E-state index in [9.17, 15) is 23.3 Å². The number of carbonyl (C=O) groups excluding carboxylic acids is 1. The van der Waals surface area contributed by atoms with Crippen molar-refractivity contribution in [3.05, 3.63) is 76.6 Å². The molecule has 1 N–H and O–H groups in total. The lowest BCUT2D eigenvalue weighted by atomic mass is 9.96. The fourth-order valence-corrected chi connectivity index (χ4v) is 5.47. The number of benzene rings is 2. The Morgan fingerprint density at radius 1 is 1.12 bits per heavy atom. The minimum Gasteiger partial charge on any atom is -0.321 e. The number of hydrogen-bond acceptors (Lipinski definition) is 6. The molecule has 0 aliphatic heterocycles. The number of nitrogens with one attached hydrogen (secondary N) is 1. The number of amides is 1. The third kappa shape index (κ3) is 5.00. The number of rotatable bonds is 7. The summed E-state index contributed by atoms with van der Waals surface area (Å²) in [5.74, 6) is -0.487. The van der Waals surface area contributed by atoms with Crippen LogP contribution in [0.2, 0.25) is 0 Å². The molecule has 34 heavy (non-hydrogen) atoms. The summed E-state index contributed by atoms with van der Waals surface area (Å²) in [7, 11) is -1.99. The van der Waals surface area contributed by atoms with E-state index in [0.29, 0.717) is 11.4 Å². The lowest BCUT2D eigenvalue weighted by Crippen LogP contribution is -2.38. The Bertz CT molecular complexity index is 1300. The normalized spacial score (nSPS) is 14.8. The first-order valence-electron chi connectivity index (χ1n) is 11.0. The van der Waals surface area contributed by atoms with Crippen molar-refractivity contribution in [2.24, 2.45) is 0 Å². The number of anilines is 1. The zero-order chi connectivity index (χ0) is 24.3. The third-order valence-electron chi connectivity index (χ3n) is 6.00. The first-order chi connectivity index (χ1) is 16.3. The van der Waals surface area contributed by atoms with Crippen LogP contribution in [0.1, 0.15) is 42.6 Å². The van der Waals surface area contributed by atoms with Crippen molar-refractivity contribution in [1.82, 2.24) is 14.1 Å². The summed E-state index contributed by atoms with van der Waals surface area (Å²) in [5.41, 5.74) is 0.905. The number of nitro benzene ring substituents is 1. The minimum atomic E-state index is -3.62. The average molecular weight is 484 g/mol. The van der Waals surface area contributed by atoms with Crippen LogP contribution in [-0.2, 0) is 10.0 Å². The maximum Gasteiger partial charge on any atom is 0.276 e. The molecule has 0 saturated heterocycles. The van der Waals surface area contributed by atoms with Gasteiger partial charge in [-0.3, -0.25) is 14.9 Å². The van der Waals surface area contributed by atoms with Gasteiger partial charge in [-0.2, -0.15) is 9.40 Å². The van der Waals surface area contributed by atoms with Crippen LogP contribution in [0, 0.1) is 10.1 Å². The van der Waals surface area contributed by atoms with Gasteiger partial charge in [-0.15, -0.1) is 0 Å². The summed E-state index contributed by atoms with van der Waals surface area (Å²) in [6, 6.07) is 13.5. The molecule has 0 atom stereocenters. The van der Waals surface area contributed by atoms with Crippen LogP contribution in [0.4, 0.5) is 11.4 Å². The highest BCUT2D eigenvalue weighted by Crippen LogP contribution is 2.27. The molecule has 0 radical (unpaired) electrons. The van der Waals surface area contributed by atoms with Gasteiger partial charge in [0.15, 0.2) is 5.69 Å². The second-order valence-corrected chi connectivity index (χ2v) is 10.2. The molecule has 1 heterocycles. The molecule has 4 rings (SSSR count). The number of nitrogens with zero attached hydrogens (tertiary/aromatic N) is 4. The number of nitro groups is 1. The van der Waals surface area contributed by atoms with Crippen molar-refractivity contribution in [3.8, 4) is 5.69 Å². The van der Waals surface area contributed by atoms with E-state index in [1.165, 1.54) is 63.7 Å². The van der Waals surface area contributed by atoms with Gasteiger partial charge in [-0.25, -0.2) is 13.1 Å². The molecule has 11 heteroatoms. The molecule has 2 aromatic carbocycles. The van der Waals surface area contributed by atoms with Crippen molar-refractivity contribution in [2.75, 3.05) is 12.4 Å². The van der Waals surface area contributed by atoms with Crippen molar-refractivity contribution >= 4 is 27.3 Å². The lowest BCUT2D eigenvalue weighted by molar-refractivity contribution is -0.384. The molecule has 0 spiro atoms. The van der Waals surface area contributed by atoms with Crippen LogP contribution in [0.15, 0.2) is 65.7 Å². The van der Waals surface area contributed by atoms with E-state index < -0.39 is 20.9 Å². The maximum atomic E-state index is 13.0. The number of sulfonamides is 1. The largest absolute Gasteiger partial charge is 0.321 e. The number of non-ortho nitro benzene ring substituents is 1. The smallest absolute Gasteiger partial charge is 0.276 e. The number of aromatic nitrogens is 2. The highest BCUT2D eigenvalue weighted by atomic mass is 32.2. The minimum absolute atomic E-state index is 0.0132. The monoisotopic (exact) mass is 483 g/mol. The average Bonchev–Trinajstić information content (AvgIpc) is 3.35. The van der Waals surface area contributed by atoms with E-state index in [4.69, 9.17) is 0 Å². The molecule has 0 unspecified atom stereocenters. The van der Waals surface area contributed by atoms with E-state index >= 15 is 0 Å². The summed E-state index contributed by atoms with van der Waals surface area (Å²) in [6.07, 6.45) is 6.48. The standard InChI is InChI=1S/C23H25N5O5S/c1-26(18-6-3-2-4-7-18)34(32,33)21-12-10-17(11-13-21)24-23(29)22-14-15-27(25-22)19-8-5-9-20(16-19)28(30)31/h5,8-16,18H,2-4,6-7H2,1H3,(H,24,29). The van der Waals surface area contributed by atoms with Gasteiger partial charge in [0.25, 0.3) is 11.6 Å². The van der Waals surface area contributed by atoms with E-state index in [-0.39, 0.29) is 22.3 Å². The molecule has 1 aliphatic rings. The quantitative estimate of drug-likeness (QED) is 0.400. The summed E-state index contributed by atoms with van der Waals surface area (Å²) in [6.45, 7) is 0. The second-order valence-electron chi connectivity index (χ2n) is 8.21. The molecule has 1 amide bonds. The fraction of sp³-hybridized carbons (Fsp3) is 0.304. The van der Waals surface area contributed by atoms with Crippen LogP contribution < -0.4 is 5.32 Å². The highest BCUT2D eigenvalue weighted by molar-refractivity contribution is 7.89. The van der Waals surface area contributed by atoms with E-state index in [0.717, 1.165) is 32.1 Å². The molecular weight excluding hydrogens is 458 g/mol. The van der Waals surface area contributed by atoms with Crippen LogP contribution in [0.5, 0.6) is 0 Å². The lowest BCUT2D eigenvalue weighted by Gasteiger charge is -2.30. The van der Waals surface area contributed by atoms with E-state index in [1.54, 1.807) is 13.1 Å². The van der Waals surface area contributed by atoms with Crippen molar-refractivity contribution < 1.29 is 18.1 Å². The Morgan fingerprint density at radius 3 is 2.50 bits per heavy atom. The molecule has 0 bridgehead atoms. The fourth-order valence-electron chi connectivity index (χ4n) is 4.05. The SMILES string of the molecule is CN(C1CCCCC1)S(=O)(=O)c1ccc(NC(=O)c2ccn(-c3cccc([N+](=O)[O-])c3)n2)cc1. The summed E-state index contributed by atoms with van der Waals surface area (Å²) >= 11 is 0. The first-order valence-corrected chi connectivity index (χ1v) is 12.4. The molecule has 178 valence electrons. The van der Waals surface area contributed by atoms with Crippen molar-refractivity contribution in [1.29, 1.82) is 0 Å². The van der Waals surface area contributed by atoms with Gasteiger partial charge >= 0.3 is 0 Å². The van der Waals surface area contributed by atoms with E-state index in [2.05, 4.69) is 10.4 Å². The highest BCUT2D eigenvalue weighted by Gasteiger charge is 2.29. The second kappa shape index (κ2) is 9.74. The maximum absolute atomic E-state index is 13.0. The van der Waals surface area contributed by atoms with Gasteiger partial charge in [0.1, 0.15) is 0 Å².